The monoisotopic (exact) mass is 536 g/mol. The highest BCUT2D eigenvalue weighted by atomic mass is 16.5. The maximum atomic E-state index is 5.65. The first kappa shape index (κ1) is 24.8. The predicted molar refractivity (Wildman–Crippen MR) is 162 cm³/mol. The quantitative estimate of drug-likeness (QED) is 0.236. The second kappa shape index (κ2) is 9.45. The normalized spacial score (nSPS) is 16.0. The molecule has 4 heterocycles. The van der Waals surface area contributed by atoms with E-state index in [0.29, 0.717) is 11.6 Å². The summed E-state index contributed by atoms with van der Waals surface area (Å²) in [4.78, 5) is 14.1. The van der Waals surface area contributed by atoms with Gasteiger partial charge in [0.15, 0.2) is 0 Å². The molecule has 1 atom stereocenters. The Balaban J connectivity index is 1.37. The van der Waals surface area contributed by atoms with Crippen molar-refractivity contribution in [2.45, 2.75) is 25.5 Å². The van der Waals surface area contributed by atoms with Gasteiger partial charge in [-0.2, -0.15) is 0 Å². The number of hydrogen-bond donors (Lipinski definition) is 1. The Hall–Kier alpha value is -5.23. The number of pyridine rings is 2. The van der Waals surface area contributed by atoms with Gasteiger partial charge in [0, 0.05) is 22.7 Å². The summed E-state index contributed by atoms with van der Waals surface area (Å²) in [6, 6.07) is 20.8. The number of ether oxygens (including phenoxy) is 1. The number of fused-ring (bicyclic) bond motifs is 3. The van der Waals surface area contributed by atoms with Gasteiger partial charge in [0.1, 0.15) is 23.9 Å². The zero-order valence-electron chi connectivity index (χ0n) is 22.9. The van der Waals surface area contributed by atoms with E-state index in [-0.39, 0.29) is 11.6 Å². The smallest absolute Gasteiger partial charge is 0.245 e. The lowest BCUT2D eigenvalue weighted by Gasteiger charge is -2.24. The molecule has 6 heteroatoms. The van der Waals surface area contributed by atoms with Crippen LogP contribution >= 0.6 is 0 Å². The SMILES string of the molecule is C=Cc1c(-c2cccc(C3NC=CO3)n2)cc2c(c1C=C)-c1ccc(-c3cccc(-c4ncco4)n3)cc1C2(C)C. The summed E-state index contributed by atoms with van der Waals surface area (Å²) in [6.45, 7) is 12.9. The average Bonchev–Trinajstić information content (AvgIpc) is 3.78. The van der Waals surface area contributed by atoms with E-state index in [4.69, 9.17) is 19.1 Å². The standard InChI is InChI=1S/C35H28N4O2/c1-5-22-23(6-2)32-24-14-13-21(28-9-7-11-30(38-28)33-36-15-17-40-33)19-26(24)35(3,4)27(32)20-25(22)29-10-8-12-31(39-29)34-37-16-18-41-34/h5-20,34,37H,1-2H2,3-4H3. The lowest BCUT2D eigenvalue weighted by atomic mass is 9.79. The molecule has 7 rings (SSSR count). The molecule has 2 aliphatic rings. The van der Waals surface area contributed by atoms with Crippen molar-refractivity contribution < 1.29 is 9.15 Å². The lowest BCUT2D eigenvalue weighted by Crippen LogP contribution is -2.16. The summed E-state index contributed by atoms with van der Waals surface area (Å²) >= 11 is 0. The first-order chi connectivity index (χ1) is 20.0. The van der Waals surface area contributed by atoms with Crippen molar-refractivity contribution in [3.05, 3.63) is 127 Å². The molecule has 0 amide bonds. The second-order valence-electron chi connectivity index (χ2n) is 10.6. The third-order valence-electron chi connectivity index (χ3n) is 7.99. The van der Waals surface area contributed by atoms with Crippen LogP contribution in [0.25, 0.3) is 57.4 Å². The average molecular weight is 537 g/mol. The number of hydrogen-bond acceptors (Lipinski definition) is 6. The molecule has 1 aliphatic heterocycles. The first-order valence-corrected chi connectivity index (χ1v) is 13.5. The number of aromatic nitrogens is 3. The van der Waals surface area contributed by atoms with Gasteiger partial charge in [0.25, 0.3) is 0 Å². The third kappa shape index (κ3) is 3.91. The Morgan fingerprint density at radius 2 is 1.66 bits per heavy atom. The molecule has 200 valence electrons. The van der Waals surface area contributed by atoms with Crippen molar-refractivity contribution in [1.29, 1.82) is 0 Å². The van der Waals surface area contributed by atoms with Crippen LogP contribution in [0, 0.1) is 0 Å². The predicted octanol–water partition coefficient (Wildman–Crippen LogP) is 8.15. The van der Waals surface area contributed by atoms with E-state index < -0.39 is 0 Å². The highest BCUT2D eigenvalue weighted by Gasteiger charge is 2.38. The molecule has 5 aromatic rings. The Labute approximate surface area is 238 Å². The van der Waals surface area contributed by atoms with E-state index in [2.05, 4.69) is 61.6 Å². The van der Waals surface area contributed by atoms with Crippen LogP contribution in [0.1, 0.15) is 48.0 Å². The van der Waals surface area contributed by atoms with Gasteiger partial charge < -0.3 is 14.5 Å². The van der Waals surface area contributed by atoms with Crippen LogP contribution in [-0.4, -0.2) is 15.0 Å². The highest BCUT2D eigenvalue weighted by molar-refractivity contribution is 5.95. The molecule has 2 aromatic carbocycles. The van der Waals surface area contributed by atoms with Crippen molar-refractivity contribution in [2.75, 3.05) is 0 Å². The second-order valence-corrected chi connectivity index (χ2v) is 10.6. The summed E-state index contributed by atoms with van der Waals surface area (Å²) in [5, 5.41) is 3.18. The van der Waals surface area contributed by atoms with E-state index in [9.17, 15) is 0 Å². The number of benzene rings is 2. The van der Waals surface area contributed by atoms with Crippen LogP contribution in [0.4, 0.5) is 0 Å². The molecular weight excluding hydrogens is 508 g/mol. The van der Waals surface area contributed by atoms with Crippen LogP contribution in [0.2, 0.25) is 0 Å². The molecular formula is C35H28N4O2. The minimum absolute atomic E-state index is 0.273. The Morgan fingerprint density at radius 1 is 0.854 bits per heavy atom. The number of oxazole rings is 1. The van der Waals surface area contributed by atoms with Gasteiger partial charge in [-0.05, 0) is 69.8 Å². The molecule has 0 spiro atoms. The molecule has 41 heavy (non-hydrogen) atoms. The first-order valence-electron chi connectivity index (χ1n) is 13.5. The molecule has 0 saturated carbocycles. The number of nitrogens with zero attached hydrogens (tertiary/aromatic N) is 3. The Bertz CT molecular complexity index is 1860. The summed E-state index contributed by atoms with van der Waals surface area (Å²) in [5.74, 6) is 0.505. The van der Waals surface area contributed by atoms with E-state index in [0.717, 1.165) is 39.3 Å². The van der Waals surface area contributed by atoms with Crippen LogP contribution in [0.5, 0.6) is 0 Å². The van der Waals surface area contributed by atoms with Crippen molar-refractivity contribution in [1.82, 2.24) is 20.3 Å². The van der Waals surface area contributed by atoms with Crippen molar-refractivity contribution in [3.63, 3.8) is 0 Å². The molecule has 1 unspecified atom stereocenters. The molecule has 1 N–H and O–H groups in total. The van der Waals surface area contributed by atoms with E-state index in [1.165, 1.54) is 22.3 Å². The van der Waals surface area contributed by atoms with Crippen molar-refractivity contribution >= 4 is 12.2 Å². The van der Waals surface area contributed by atoms with Crippen LogP contribution in [0.3, 0.4) is 0 Å². The summed E-state index contributed by atoms with van der Waals surface area (Å²) in [5.41, 5.74) is 11.9. The van der Waals surface area contributed by atoms with Crippen LogP contribution in [-0.2, 0) is 10.2 Å². The van der Waals surface area contributed by atoms with Gasteiger partial charge >= 0.3 is 0 Å². The van der Waals surface area contributed by atoms with Crippen LogP contribution < -0.4 is 5.32 Å². The fourth-order valence-electron chi connectivity index (χ4n) is 5.98. The molecule has 0 saturated heterocycles. The van der Waals surface area contributed by atoms with Crippen molar-refractivity contribution in [3.8, 4) is 45.2 Å². The minimum atomic E-state index is -0.301. The minimum Gasteiger partial charge on any atom is -0.471 e. The number of nitrogens with one attached hydrogen (secondary N) is 1. The number of rotatable bonds is 6. The Kier molecular flexibility index (Phi) is 5.71. The zero-order chi connectivity index (χ0) is 28.1. The zero-order valence-corrected chi connectivity index (χ0v) is 22.9. The summed E-state index contributed by atoms with van der Waals surface area (Å²) in [7, 11) is 0. The van der Waals surface area contributed by atoms with Gasteiger partial charge in [0.2, 0.25) is 12.1 Å². The molecule has 6 nitrogen and oxygen atoms in total. The summed E-state index contributed by atoms with van der Waals surface area (Å²) in [6.07, 6.45) is 10.2. The van der Waals surface area contributed by atoms with Gasteiger partial charge in [-0.25, -0.2) is 15.0 Å². The molecule has 3 aromatic heterocycles. The maximum absolute atomic E-state index is 5.65. The van der Waals surface area contributed by atoms with Gasteiger partial charge in [-0.3, -0.25) is 0 Å². The van der Waals surface area contributed by atoms with Crippen molar-refractivity contribution in [2.24, 2.45) is 0 Å². The van der Waals surface area contributed by atoms with Gasteiger partial charge in [-0.1, -0.05) is 63.4 Å². The maximum Gasteiger partial charge on any atom is 0.245 e. The highest BCUT2D eigenvalue weighted by Crippen LogP contribution is 2.53. The van der Waals surface area contributed by atoms with Crippen LogP contribution in [0.15, 0.2) is 103 Å². The molecule has 0 radical (unpaired) electrons. The fourth-order valence-corrected chi connectivity index (χ4v) is 5.98. The molecule has 0 fully saturated rings. The van der Waals surface area contributed by atoms with Gasteiger partial charge in [-0.15, -0.1) is 0 Å². The van der Waals surface area contributed by atoms with E-state index >= 15 is 0 Å². The fraction of sp³-hybridized carbons (Fsp3) is 0.114. The lowest BCUT2D eigenvalue weighted by molar-refractivity contribution is 0.150. The molecule has 1 aliphatic carbocycles. The summed E-state index contributed by atoms with van der Waals surface area (Å²) < 4.78 is 11.1. The Morgan fingerprint density at radius 3 is 2.41 bits per heavy atom. The largest absolute Gasteiger partial charge is 0.471 e. The van der Waals surface area contributed by atoms with E-state index in [1.807, 2.05) is 48.6 Å². The third-order valence-corrected chi connectivity index (χ3v) is 7.99. The van der Waals surface area contributed by atoms with E-state index in [1.54, 1.807) is 24.9 Å². The molecule has 0 bridgehead atoms. The van der Waals surface area contributed by atoms with Gasteiger partial charge in [0.05, 0.1) is 17.6 Å². The topological polar surface area (TPSA) is 73.1 Å².